The van der Waals surface area contributed by atoms with Gasteiger partial charge in [-0.15, -0.1) is 0 Å². The van der Waals surface area contributed by atoms with Crippen molar-refractivity contribution in [3.8, 4) is 0 Å². The molecule has 1 fully saturated rings. The molecule has 1 heterocycles. The number of hydrogen-bond donors (Lipinski definition) is 1. The highest BCUT2D eigenvalue weighted by molar-refractivity contribution is 4.83. The quantitative estimate of drug-likeness (QED) is 0.758. The van der Waals surface area contributed by atoms with Crippen molar-refractivity contribution < 1.29 is 4.74 Å². The van der Waals surface area contributed by atoms with Gasteiger partial charge in [-0.3, -0.25) is 0 Å². The molecule has 0 aromatic carbocycles. The summed E-state index contributed by atoms with van der Waals surface area (Å²) in [7, 11) is 0. The lowest BCUT2D eigenvalue weighted by Gasteiger charge is -2.38. The third kappa shape index (κ3) is 4.12. The van der Waals surface area contributed by atoms with Gasteiger partial charge in [0.15, 0.2) is 0 Å². The van der Waals surface area contributed by atoms with E-state index in [9.17, 15) is 0 Å². The number of rotatable bonds is 5. The lowest BCUT2D eigenvalue weighted by Crippen LogP contribution is -2.38. The Labute approximate surface area is 94.8 Å². The molecule has 2 heteroatoms. The minimum Gasteiger partial charge on any atom is -0.381 e. The van der Waals surface area contributed by atoms with Crippen LogP contribution in [0.25, 0.3) is 0 Å². The van der Waals surface area contributed by atoms with Crippen molar-refractivity contribution in [2.45, 2.75) is 53.0 Å². The van der Waals surface area contributed by atoms with E-state index in [2.05, 4.69) is 33.0 Å². The van der Waals surface area contributed by atoms with Crippen LogP contribution in [0.1, 0.15) is 47.0 Å². The van der Waals surface area contributed by atoms with Crippen molar-refractivity contribution in [2.75, 3.05) is 19.8 Å². The monoisotopic (exact) mass is 213 g/mol. The molecular weight excluding hydrogens is 186 g/mol. The highest BCUT2D eigenvalue weighted by Gasteiger charge is 2.32. The molecule has 0 amide bonds. The molecule has 2 unspecified atom stereocenters. The van der Waals surface area contributed by atoms with Crippen molar-refractivity contribution in [2.24, 2.45) is 11.3 Å². The Kier molecular flexibility index (Phi) is 5.07. The molecule has 0 aromatic rings. The zero-order chi connectivity index (χ0) is 11.3. The first-order valence-electron chi connectivity index (χ1n) is 6.37. The fourth-order valence-corrected chi connectivity index (χ4v) is 2.73. The lowest BCUT2D eigenvalue weighted by atomic mass is 9.72. The van der Waals surface area contributed by atoms with E-state index < -0.39 is 0 Å². The molecule has 0 bridgehead atoms. The first kappa shape index (κ1) is 13.0. The van der Waals surface area contributed by atoms with Crippen LogP contribution in [0.5, 0.6) is 0 Å². The summed E-state index contributed by atoms with van der Waals surface area (Å²) in [6.07, 6.45) is 3.82. The molecule has 0 spiro atoms. The molecule has 1 rings (SSSR count). The Morgan fingerprint density at radius 1 is 1.47 bits per heavy atom. The zero-order valence-electron chi connectivity index (χ0n) is 10.8. The van der Waals surface area contributed by atoms with Gasteiger partial charge in [0.1, 0.15) is 0 Å². The van der Waals surface area contributed by atoms with Crippen LogP contribution in [0, 0.1) is 11.3 Å². The van der Waals surface area contributed by atoms with Gasteiger partial charge in [-0.1, -0.05) is 20.8 Å². The van der Waals surface area contributed by atoms with Gasteiger partial charge in [-0.2, -0.15) is 0 Å². The van der Waals surface area contributed by atoms with E-state index in [0.29, 0.717) is 11.5 Å². The maximum atomic E-state index is 5.59. The van der Waals surface area contributed by atoms with Crippen LogP contribution in [0.2, 0.25) is 0 Å². The summed E-state index contributed by atoms with van der Waals surface area (Å²) in [5.74, 6) is 0.743. The molecule has 0 saturated carbocycles. The molecule has 0 aliphatic carbocycles. The minimum atomic E-state index is 0.405. The van der Waals surface area contributed by atoms with Crippen LogP contribution in [0.15, 0.2) is 0 Å². The third-order valence-electron chi connectivity index (χ3n) is 3.65. The zero-order valence-corrected chi connectivity index (χ0v) is 10.8. The van der Waals surface area contributed by atoms with Gasteiger partial charge in [0.25, 0.3) is 0 Å². The highest BCUT2D eigenvalue weighted by Crippen LogP contribution is 2.36. The molecule has 2 atom stereocenters. The van der Waals surface area contributed by atoms with Crippen molar-refractivity contribution in [1.82, 2.24) is 5.32 Å². The Bertz CT molecular complexity index is 173. The summed E-state index contributed by atoms with van der Waals surface area (Å²) >= 11 is 0. The van der Waals surface area contributed by atoms with Crippen molar-refractivity contribution >= 4 is 0 Å². The average molecular weight is 213 g/mol. The predicted octanol–water partition coefficient (Wildman–Crippen LogP) is 2.83. The van der Waals surface area contributed by atoms with E-state index in [0.717, 1.165) is 25.7 Å². The van der Waals surface area contributed by atoms with E-state index in [1.807, 2.05) is 0 Å². The maximum absolute atomic E-state index is 5.59. The standard InChI is InChI=1S/C13H27NO/c1-5-14-11(2)9-13(3,4)12-7-6-8-15-10-12/h11-12,14H,5-10H2,1-4H3. The maximum Gasteiger partial charge on any atom is 0.0499 e. The molecule has 90 valence electrons. The third-order valence-corrected chi connectivity index (χ3v) is 3.65. The average Bonchev–Trinajstić information content (AvgIpc) is 2.18. The summed E-state index contributed by atoms with van der Waals surface area (Å²) in [4.78, 5) is 0. The van der Waals surface area contributed by atoms with E-state index >= 15 is 0 Å². The van der Waals surface area contributed by atoms with Gasteiger partial charge in [-0.05, 0) is 44.1 Å². The molecule has 1 N–H and O–H groups in total. The van der Waals surface area contributed by atoms with E-state index in [1.165, 1.54) is 19.3 Å². The van der Waals surface area contributed by atoms with E-state index in [1.54, 1.807) is 0 Å². The molecule has 1 aliphatic rings. The van der Waals surface area contributed by atoms with Gasteiger partial charge in [0.05, 0.1) is 0 Å². The van der Waals surface area contributed by atoms with Crippen LogP contribution in [0.4, 0.5) is 0 Å². The lowest BCUT2D eigenvalue weighted by molar-refractivity contribution is -0.00200. The molecule has 1 aliphatic heterocycles. The molecule has 0 radical (unpaired) electrons. The minimum absolute atomic E-state index is 0.405. The summed E-state index contributed by atoms with van der Waals surface area (Å²) in [6, 6.07) is 0.618. The summed E-state index contributed by atoms with van der Waals surface area (Å²) in [5.41, 5.74) is 0.405. The molecular formula is C13H27NO. The summed E-state index contributed by atoms with van der Waals surface area (Å²) in [5, 5.41) is 3.50. The first-order valence-corrected chi connectivity index (χ1v) is 6.37. The van der Waals surface area contributed by atoms with Crippen LogP contribution < -0.4 is 5.32 Å². The first-order chi connectivity index (χ1) is 7.06. The fraction of sp³-hybridized carbons (Fsp3) is 1.00. The number of ether oxygens (including phenoxy) is 1. The summed E-state index contributed by atoms with van der Waals surface area (Å²) < 4.78 is 5.59. The van der Waals surface area contributed by atoms with Gasteiger partial charge < -0.3 is 10.1 Å². The van der Waals surface area contributed by atoms with Crippen LogP contribution in [-0.4, -0.2) is 25.8 Å². The predicted molar refractivity (Wildman–Crippen MR) is 65.1 cm³/mol. The normalized spacial score (nSPS) is 25.2. The number of nitrogens with one attached hydrogen (secondary N) is 1. The second kappa shape index (κ2) is 5.86. The number of hydrogen-bond acceptors (Lipinski definition) is 2. The Hall–Kier alpha value is -0.0800. The van der Waals surface area contributed by atoms with Gasteiger partial charge in [0, 0.05) is 19.3 Å². The smallest absolute Gasteiger partial charge is 0.0499 e. The van der Waals surface area contributed by atoms with Crippen LogP contribution >= 0.6 is 0 Å². The highest BCUT2D eigenvalue weighted by atomic mass is 16.5. The molecule has 2 nitrogen and oxygen atoms in total. The Morgan fingerprint density at radius 3 is 2.73 bits per heavy atom. The van der Waals surface area contributed by atoms with E-state index in [-0.39, 0.29) is 0 Å². The second-order valence-electron chi connectivity index (χ2n) is 5.57. The Morgan fingerprint density at radius 2 is 2.20 bits per heavy atom. The van der Waals surface area contributed by atoms with Crippen molar-refractivity contribution in [3.05, 3.63) is 0 Å². The largest absolute Gasteiger partial charge is 0.381 e. The Balaban J connectivity index is 2.41. The topological polar surface area (TPSA) is 21.3 Å². The van der Waals surface area contributed by atoms with E-state index in [4.69, 9.17) is 4.74 Å². The molecule has 0 aromatic heterocycles. The van der Waals surface area contributed by atoms with Crippen LogP contribution in [-0.2, 0) is 4.74 Å². The SMILES string of the molecule is CCNC(C)CC(C)(C)C1CCCOC1. The van der Waals surface area contributed by atoms with Gasteiger partial charge >= 0.3 is 0 Å². The molecule has 15 heavy (non-hydrogen) atoms. The fourth-order valence-electron chi connectivity index (χ4n) is 2.73. The van der Waals surface area contributed by atoms with Crippen molar-refractivity contribution in [1.29, 1.82) is 0 Å². The van der Waals surface area contributed by atoms with Gasteiger partial charge in [0.2, 0.25) is 0 Å². The second-order valence-corrected chi connectivity index (χ2v) is 5.57. The van der Waals surface area contributed by atoms with Crippen molar-refractivity contribution in [3.63, 3.8) is 0 Å². The van der Waals surface area contributed by atoms with Gasteiger partial charge in [-0.25, -0.2) is 0 Å². The summed E-state index contributed by atoms with van der Waals surface area (Å²) in [6.45, 7) is 12.2. The van der Waals surface area contributed by atoms with Crippen LogP contribution in [0.3, 0.4) is 0 Å². The molecule has 1 saturated heterocycles.